The van der Waals surface area contributed by atoms with Gasteiger partial charge in [0, 0.05) is 37.2 Å². The van der Waals surface area contributed by atoms with Crippen molar-refractivity contribution in [1.82, 2.24) is 28.7 Å². The summed E-state index contributed by atoms with van der Waals surface area (Å²) in [7, 11) is -3.20. The predicted molar refractivity (Wildman–Crippen MR) is 146 cm³/mol. The van der Waals surface area contributed by atoms with E-state index in [1.165, 1.54) is 33.4 Å². The Kier molecular flexibility index (Phi) is 4.00. The van der Waals surface area contributed by atoms with Gasteiger partial charge in [-0.25, -0.2) is 4.57 Å². The van der Waals surface area contributed by atoms with Crippen LogP contribution in [-0.4, -0.2) is 48.7 Å². The van der Waals surface area contributed by atoms with Crippen molar-refractivity contribution in [2.45, 2.75) is 18.1 Å². The van der Waals surface area contributed by atoms with Gasteiger partial charge < -0.3 is 14.7 Å². The fraction of sp³-hybridized carbons (Fsp3) is 0.200. The lowest BCUT2D eigenvalue weighted by atomic mass is 9.86. The average Bonchev–Trinajstić information content (AvgIpc) is 3.71. The van der Waals surface area contributed by atoms with Crippen LogP contribution in [0.4, 0.5) is 0 Å². The fourth-order valence-electron chi connectivity index (χ4n) is 7.15. The van der Waals surface area contributed by atoms with Crippen molar-refractivity contribution in [2.24, 2.45) is 0 Å². The van der Waals surface area contributed by atoms with Gasteiger partial charge >= 0.3 is 7.59 Å². The lowest BCUT2D eigenvalue weighted by molar-refractivity contribution is 0.219. The lowest BCUT2D eigenvalue weighted by Gasteiger charge is -2.44. The Morgan fingerprint density at radius 1 is 0.474 bits per heavy atom. The molecule has 0 spiro atoms. The molecule has 0 N–H and O–H groups in total. The van der Waals surface area contributed by atoms with Gasteiger partial charge in [-0.3, -0.25) is 14.0 Å². The molecule has 3 aromatic carbocycles. The highest BCUT2D eigenvalue weighted by Crippen LogP contribution is 2.62. The summed E-state index contributed by atoms with van der Waals surface area (Å²) in [5.74, 6) is 0. The van der Waals surface area contributed by atoms with Crippen LogP contribution < -0.4 is 0 Å². The molecule has 16 bridgehead atoms. The summed E-state index contributed by atoms with van der Waals surface area (Å²) in [6.07, 6.45) is 12.5. The molecule has 1 aliphatic carbocycles. The summed E-state index contributed by atoms with van der Waals surface area (Å²) < 4.78 is 21.6. The van der Waals surface area contributed by atoms with E-state index in [0.29, 0.717) is 20.0 Å². The van der Waals surface area contributed by atoms with Crippen molar-refractivity contribution < 1.29 is 4.57 Å². The highest BCUT2D eigenvalue weighted by Gasteiger charge is 2.48. The van der Waals surface area contributed by atoms with Crippen LogP contribution in [0.3, 0.4) is 0 Å². The van der Waals surface area contributed by atoms with Gasteiger partial charge in [0.15, 0.2) is 0 Å². The monoisotopic (exact) mass is 518 g/mol. The zero-order chi connectivity index (χ0) is 25.0. The van der Waals surface area contributed by atoms with E-state index in [4.69, 9.17) is 0 Å². The van der Waals surface area contributed by atoms with E-state index in [1.807, 2.05) is 18.6 Å². The van der Waals surface area contributed by atoms with Crippen molar-refractivity contribution in [3.63, 3.8) is 0 Å². The van der Waals surface area contributed by atoms with Gasteiger partial charge in [-0.1, -0.05) is 72.8 Å². The molecule has 7 nitrogen and oxygen atoms in total. The Balaban J connectivity index is 1.44. The van der Waals surface area contributed by atoms with Crippen molar-refractivity contribution in [3.05, 3.63) is 143 Å². The number of nitrogens with zero attached hydrogens (tertiary/aromatic N) is 6. The first-order valence-corrected chi connectivity index (χ1v) is 14.8. The highest BCUT2D eigenvalue weighted by atomic mass is 31.2. The van der Waals surface area contributed by atoms with Crippen LogP contribution >= 0.6 is 7.59 Å². The second-order valence-corrected chi connectivity index (χ2v) is 13.5. The maximum atomic E-state index is 15.4. The van der Waals surface area contributed by atoms with E-state index in [2.05, 4.69) is 120 Å². The van der Waals surface area contributed by atoms with Crippen LogP contribution in [0.25, 0.3) is 0 Å². The SMILES string of the molecule is O=P12N3C=CN(C3)C3c4cccc(c4)C(c4cccc(c4)C(c4cccc3c4)N3C=CN1C3)N1C=CN2C1. The van der Waals surface area contributed by atoms with Crippen molar-refractivity contribution in [2.75, 3.05) is 20.0 Å². The molecule has 0 fully saturated rings. The van der Waals surface area contributed by atoms with Crippen molar-refractivity contribution >= 4 is 7.59 Å². The second-order valence-electron chi connectivity index (χ2n) is 10.9. The molecule has 0 radical (unpaired) electrons. The molecular formula is C30H27N6OP. The molecule has 0 saturated carbocycles. The summed E-state index contributed by atoms with van der Waals surface area (Å²) in [6, 6.07) is 27.2. The summed E-state index contributed by atoms with van der Waals surface area (Å²) in [4.78, 5) is 7.04. The van der Waals surface area contributed by atoms with Gasteiger partial charge in [0.05, 0.1) is 38.1 Å². The molecule has 0 unspecified atom stereocenters. The van der Waals surface area contributed by atoms with E-state index in [9.17, 15) is 0 Å². The Bertz CT molecular complexity index is 1390. The zero-order valence-electron chi connectivity index (χ0n) is 20.8. The van der Waals surface area contributed by atoms with Crippen LogP contribution in [0.1, 0.15) is 51.5 Å². The van der Waals surface area contributed by atoms with E-state index < -0.39 is 7.59 Å². The molecule has 6 aliphatic heterocycles. The largest absolute Gasteiger partial charge is 0.363 e. The molecule has 188 valence electrons. The highest BCUT2D eigenvalue weighted by molar-refractivity contribution is 7.57. The Hall–Kier alpha value is -4.09. The van der Waals surface area contributed by atoms with Gasteiger partial charge in [-0.15, -0.1) is 0 Å². The number of benzene rings is 3. The summed E-state index contributed by atoms with van der Waals surface area (Å²) in [5.41, 5.74) is 7.49. The smallest absolute Gasteiger partial charge is 0.347 e. The normalized spacial score (nSPS) is 29.1. The molecular weight excluding hydrogens is 491 g/mol. The molecule has 0 saturated heterocycles. The zero-order valence-corrected chi connectivity index (χ0v) is 21.7. The third-order valence-corrected chi connectivity index (χ3v) is 11.6. The first kappa shape index (κ1) is 20.9. The Morgan fingerprint density at radius 3 is 1.05 bits per heavy atom. The quantitative estimate of drug-likeness (QED) is 0.362. The molecule has 0 amide bonds. The third-order valence-electron chi connectivity index (χ3n) is 8.84. The molecule has 0 aromatic heterocycles. The van der Waals surface area contributed by atoms with Gasteiger partial charge in [-0.2, -0.15) is 0 Å². The summed E-state index contributed by atoms with van der Waals surface area (Å²) in [6.45, 7) is 1.66. The molecule has 38 heavy (non-hydrogen) atoms. The minimum Gasteiger partial charge on any atom is -0.347 e. The molecule has 8 heteroatoms. The summed E-state index contributed by atoms with van der Waals surface area (Å²) in [5, 5.41) is 0. The average molecular weight is 519 g/mol. The van der Waals surface area contributed by atoms with Crippen LogP contribution in [0.2, 0.25) is 0 Å². The molecule has 6 heterocycles. The number of hydrogen-bond acceptors (Lipinski definition) is 4. The Morgan fingerprint density at radius 2 is 0.763 bits per heavy atom. The van der Waals surface area contributed by atoms with Crippen LogP contribution in [0.15, 0.2) is 110 Å². The van der Waals surface area contributed by atoms with Crippen molar-refractivity contribution in [1.29, 1.82) is 0 Å². The Labute approximate surface area is 222 Å². The molecule has 10 rings (SSSR count). The van der Waals surface area contributed by atoms with E-state index in [0.717, 1.165) is 0 Å². The van der Waals surface area contributed by atoms with E-state index in [1.54, 1.807) is 0 Å². The lowest BCUT2D eigenvalue weighted by Crippen LogP contribution is -2.41. The van der Waals surface area contributed by atoms with Crippen LogP contribution in [0, 0.1) is 0 Å². The summed E-state index contributed by atoms with van der Waals surface area (Å²) >= 11 is 0. The maximum absolute atomic E-state index is 15.4. The molecule has 7 aliphatic rings. The predicted octanol–water partition coefficient (Wildman–Crippen LogP) is 5.54. The first-order chi connectivity index (χ1) is 18.7. The second kappa shape index (κ2) is 7.27. The van der Waals surface area contributed by atoms with Crippen molar-refractivity contribution in [3.8, 4) is 0 Å². The van der Waals surface area contributed by atoms with Crippen LogP contribution in [-0.2, 0) is 4.57 Å². The number of rotatable bonds is 0. The van der Waals surface area contributed by atoms with Crippen LogP contribution in [0.5, 0.6) is 0 Å². The standard InChI is InChI=1S/C30H27N6OP/c37-38-34-13-10-31(19-34)28-22-4-1-5-23(16-22)29(32-11-14-35(38)20-32)25-7-3-9-27(18-25)30(33-12-15-36(38)21-33)26-8-2-6-24(28)17-26/h1-18,28-30H,19-21H2. The van der Waals surface area contributed by atoms with E-state index in [-0.39, 0.29) is 18.1 Å². The molecule has 0 atom stereocenters. The molecule has 3 aromatic rings. The van der Waals surface area contributed by atoms with Gasteiger partial charge in [0.1, 0.15) is 0 Å². The first-order valence-electron chi connectivity index (χ1n) is 13.2. The van der Waals surface area contributed by atoms with Gasteiger partial charge in [0.25, 0.3) is 0 Å². The topological polar surface area (TPSA) is 36.5 Å². The number of hydrogen-bond donors (Lipinski definition) is 0. The maximum Gasteiger partial charge on any atom is 0.363 e. The minimum absolute atomic E-state index is 0.00810. The van der Waals surface area contributed by atoms with Gasteiger partial charge in [0.2, 0.25) is 0 Å². The third kappa shape index (κ3) is 2.67. The minimum atomic E-state index is -3.20. The van der Waals surface area contributed by atoms with E-state index >= 15 is 4.57 Å². The fourth-order valence-corrected chi connectivity index (χ4v) is 9.67. The van der Waals surface area contributed by atoms with Gasteiger partial charge in [-0.05, 0) is 33.4 Å².